The van der Waals surface area contributed by atoms with E-state index < -0.39 is 61.7 Å². The molecule has 0 bridgehead atoms. The largest absolute Gasteiger partial charge is 0.445 e. The molecule has 6 aromatic rings. The third-order valence-electron chi connectivity index (χ3n) is 11.5. The predicted molar refractivity (Wildman–Crippen MR) is 251 cm³/mol. The number of alkyl carbamates (subject to hydrolysis) is 2. The second-order valence-corrected chi connectivity index (χ2v) is 19.2. The Morgan fingerprint density at radius 3 is 1.52 bits per heavy atom. The van der Waals surface area contributed by atoms with Crippen LogP contribution in [0.25, 0.3) is 20.4 Å². The van der Waals surface area contributed by atoms with Gasteiger partial charge in [0.1, 0.15) is 34.5 Å². The summed E-state index contributed by atoms with van der Waals surface area (Å²) in [6, 6.07) is 19.9. The molecule has 2 aliphatic carbocycles. The van der Waals surface area contributed by atoms with E-state index >= 15 is 0 Å². The fourth-order valence-electron chi connectivity index (χ4n) is 8.34. The average Bonchev–Trinajstić information content (AvgIpc) is 4.07. The van der Waals surface area contributed by atoms with Crippen LogP contribution in [0.3, 0.4) is 0 Å². The molecule has 2 fully saturated rings. The van der Waals surface area contributed by atoms with Gasteiger partial charge in [0.15, 0.2) is 0 Å². The Balaban J connectivity index is 0.000000204. The maximum Gasteiger partial charge on any atom is 0.407 e. The van der Waals surface area contributed by atoms with Crippen molar-refractivity contribution in [3.63, 3.8) is 0 Å². The van der Waals surface area contributed by atoms with Gasteiger partial charge in [-0.2, -0.15) is 36.3 Å². The van der Waals surface area contributed by atoms with E-state index in [0.717, 1.165) is 33.8 Å². The Kier molecular flexibility index (Phi) is 16.2. The SMILES string of the molecule is CN(c1nc(Cl)nc2sc(CC(F)(F)F)cc12)[C@H]1C[C@@H](NC(=O)OCc2ccccc2)C[C@@H]1O.CNc1nc(N(C)[C@H]2C[C@@H](NC(=O)OCc3ccccc3)C[C@@H]2O)c2cc(CC(F)(F)F)sc2n1. The van der Waals surface area contributed by atoms with Crippen LogP contribution in [0.2, 0.25) is 5.28 Å². The van der Waals surface area contributed by atoms with Crippen molar-refractivity contribution in [2.45, 2.75) is 100 Å². The molecule has 0 unspecified atom stereocenters. The van der Waals surface area contributed by atoms with Gasteiger partial charge in [-0.25, -0.2) is 19.6 Å². The van der Waals surface area contributed by atoms with Gasteiger partial charge in [-0.15, -0.1) is 22.7 Å². The van der Waals surface area contributed by atoms with Crippen molar-refractivity contribution in [3.05, 3.63) is 99.0 Å². The molecule has 4 aromatic heterocycles. The number of nitrogens with one attached hydrogen (secondary N) is 3. The summed E-state index contributed by atoms with van der Waals surface area (Å²) in [5.74, 6) is 1.02. The number of hydrogen-bond acceptors (Lipinski definition) is 15. The number of ether oxygens (including phenoxy) is 2. The minimum absolute atomic E-state index is 0.0959. The fourth-order valence-corrected chi connectivity index (χ4v) is 10.7. The van der Waals surface area contributed by atoms with Crippen LogP contribution >= 0.6 is 34.3 Å². The highest BCUT2D eigenvalue weighted by Gasteiger charge is 2.40. The number of likely N-dealkylation sites (N-methyl/N-ethyl adjacent to an activating group) is 2. The number of carbonyl (C=O) groups is 2. The van der Waals surface area contributed by atoms with Crippen molar-refractivity contribution in [1.29, 1.82) is 0 Å². The molecule has 8 rings (SSSR count). The number of aliphatic hydroxyl groups excluding tert-OH is 2. The number of carbonyl (C=O) groups excluding carboxylic acids is 2. The molecule has 24 heteroatoms. The van der Waals surface area contributed by atoms with Crippen LogP contribution < -0.4 is 25.8 Å². The molecule has 4 heterocycles. The summed E-state index contributed by atoms with van der Waals surface area (Å²) < 4.78 is 87.9. The van der Waals surface area contributed by atoms with Gasteiger partial charge in [0.05, 0.1) is 47.9 Å². The number of nitrogens with zero attached hydrogens (tertiary/aromatic N) is 6. The van der Waals surface area contributed by atoms with E-state index in [1.165, 1.54) is 12.1 Å². The standard InChI is InChI=1S/C23H26F3N5O3S.C22H22ClF3N4O3S/c1-27-21-29-19(16-10-15(11-23(24,25)26)35-20(16)30-21)31(2)17-8-14(9-18(17)32)28-22(33)34-12-13-6-4-3-5-7-13;1-30(18-15-9-14(10-22(24,25)26)34-19(15)29-20(23)28-18)16-7-13(8-17(16)31)27-21(32)33-11-12-5-3-2-4-6-12/h3-7,10,14,17-18,32H,8-9,11-12H2,1-2H3,(H,28,33)(H,27,29,30);2-6,9,13,16-17,31H,7-8,10-11H2,1H3,(H,27,32)/t14-,17+,18+;13-,16+,17+/m11/s1. The van der Waals surface area contributed by atoms with Crippen molar-refractivity contribution in [1.82, 2.24) is 30.6 Å². The van der Waals surface area contributed by atoms with Crippen LogP contribution in [0, 0.1) is 0 Å². The van der Waals surface area contributed by atoms with Crippen LogP contribution in [-0.4, -0.2) is 112 Å². The lowest BCUT2D eigenvalue weighted by Gasteiger charge is -2.28. The number of benzene rings is 2. The highest BCUT2D eigenvalue weighted by atomic mass is 35.5. The van der Waals surface area contributed by atoms with Crippen LogP contribution in [0.1, 0.15) is 46.6 Å². The number of hydrogen-bond donors (Lipinski definition) is 5. The third-order valence-corrected chi connectivity index (χ3v) is 13.7. The Bertz CT molecular complexity index is 2700. The second-order valence-electron chi connectivity index (χ2n) is 16.6. The minimum atomic E-state index is -4.35. The lowest BCUT2D eigenvalue weighted by atomic mass is 10.1. The second kappa shape index (κ2) is 21.9. The number of alkyl halides is 6. The molecular weight excluding hydrogens is 976 g/mol. The number of amides is 2. The van der Waals surface area contributed by atoms with E-state index in [4.69, 9.17) is 21.1 Å². The number of fused-ring (bicyclic) bond motifs is 2. The molecule has 370 valence electrons. The molecular formula is C45H48ClF6N9O6S2. The van der Waals surface area contributed by atoms with Gasteiger partial charge < -0.3 is 45.4 Å². The summed E-state index contributed by atoms with van der Waals surface area (Å²) in [5, 5.41) is 30.6. The number of rotatable bonds is 13. The van der Waals surface area contributed by atoms with E-state index in [2.05, 4.69) is 35.9 Å². The number of halogens is 7. The van der Waals surface area contributed by atoms with Gasteiger partial charge in [-0.3, -0.25) is 0 Å². The zero-order valence-corrected chi connectivity index (χ0v) is 39.6. The Morgan fingerprint density at radius 1 is 0.681 bits per heavy atom. The van der Waals surface area contributed by atoms with Crippen LogP contribution in [0.15, 0.2) is 72.8 Å². The molecule has 0 spiro atoms. The van der Waals surface area contributed by atoms with Crippen LogP contribution in [-0.2, 0) is 35.5 Å². The predicted octanol–water partition coefficient (Wildman–Crippen LogP) is 8.80. The average molecular weight is 1020 g/mol. The van der Waals surface area contributed by atoms with E-state index in [1.54, 1.807) is 30.9 Å². The van der Waals surface area contributed by atoms with Gasteiger partial charge in [-0.05, 0) is 60.5 Å². The zero-order valence-electron chi connectivity index (χ0n) is 37.2. The Hall–Kier alpha value is -5.75. The number of aliphatic hydroxyl groups is 2. The summed E-state index contributed by atoms with van der Waals surface area (Å²) in [7, 11) is 5.04. The minimum Gasteiger partial charge on any atom is -0.445 e. The summed E-state index contributed by atoms with van der Waals surface area (Å²) in [4.78, 5) is 45.9. The smallest absolute Gasteiger partial charge is 0.407 e. The number of thiophene rings is 2. The summed E-state index contributed by atoms with van der Waals surface area (Å²) in [5.41, 5.74) is 1.72. The van der Waals surface area contributed by atoms with Crippen LogP contribution in [0.4, 0.5) is 53.5 Å². The van der Waals surface area contributed by atoms with Crippen molar-refractivity contribution in [3.8, 4) is 0 Å². The monoisotopic (exact) mass is 1020 g/mol. The molecule has 2 amide bonds. The van der Waals surface area contributed by atoms with Gasteiger partial charge in [0.2, 0.25) is 11.2 Å². The molecule has 2 aromatic carbocycles. The van der Waals surface area contributed by atoms with Crippen LogP contribution in [0.5, 0.6) is 0 Å². The topological polar surface area (TPSA) is 187 Å². The quantitative estimate of drug-likeness (QED) is 0.0546. The van der Waals surface area contributed by atoms with Gasteiger partial charge >= 0.3 is 24.5 Å². The lowest BCUT2D eigenvalue weighted by Crippen LogP contribution is -2.39. The van der Waals surface area contributed by atoms with E-state index in [9.17, 15) is 46.1 Å². The van der Waals surface area contributed by atoms with E-state index in [-0.39, 0.29) is 46.3 Å². The van der Waals surface area contributed by atoms with Crippen molar-refractivity contribution >= 4 is 84.5 Å². The Labute approximate surface area is 404 Å². The first-order valence-electron chi connectivity index (χ1n) is 21.6. The third kappa shape index (κ3) is 13.7. The first kappa shape index (κ1) is 51.1. The molecule has 15 nitrogen and oxygen atoms in total. The maximum absolute atomic E-state index is 12.9. The van der Waals surface area contributed by atoms with Crippen molar-refractivity contribution in [2.24, 2.45) is 0 Å². The highest BCUT2D eigenvalue weighted by molar-refractivity contribution is 7.19. The number of anilines is 3. The molecule has 0 saturated heterocycles. The maximum atomic E-state index is 12.9. The summed E-state index contributed by atoms with van der Waals surface area (Å²) >= 11 is 7.91. The molecule has 6 atom stereocenters. The number of aromatic nitrogens is 4. The first-order chi connectivity index (χ1) is 32.7. The van der Waals surface area contributed by atoms with Gasteiger partial charge in [0, 0.05) is 43.0 Å². The first-order valence-corrected chi connectivity index (χ1v) is 23.6. The normalized spacial score (nSPS) is 20.3. The van der Waals surface area contributed by atoms with Gasteiger partial charge in [-0.1, -0.05) is 60.7 Å². The molecule has 0 radical (unpaired) electrons. The molecule has 0 aliphatic heterocycles. The zero-order chi connectivity index (χ0) is 49.6. The molecule has 2 aliphatic rings. The van der Waals surface area contributed by atoms with Crippen molar-refractivity contribution < 1.29 is 55.6 Å². The lowest BCUT2D eigenvalue weighted by molar-refractivity contribution is -0.127. The molecule has 69 heavy (non-hydrogen) atoms. The van der Waals surface area contributed by atoms with E-state index in [0.29, 0.717) is 57.8 Å². The van der Waals surface area contributed by atoms with Gasteiger partial charge in [0.25, 0.3) is 0 Å². The van der Waals surface area contributed by atoms with E-state index in [1.807, 2.05) is 60.7 Å². The highest BCUT2D eigenvalue weighted by Crippen LogP contribution is 2.39. The molecule has 2 saturated carbocycles. The Morgan fingerprint density at radius 2 is 1.10 bits per heavy atom. The van der Waals surface area contributed by atoms with Crippen molar-refractivity contribution in [2.75, 3.05) is 36.3 Å². The summed E-state index contributed by atoms with van der Waals surface area (Å²) in [6.45, 7) is 0.260. The molecule has 5 N–H and O–H groups in total. The fraction of sp³-hybridized carbons (Fsp3) is 0.422. The summed E-state index contributed by atoms with van der Waals surface area (Å²) in [6.07, 6.45) is -12.1.